The molecule has 0 radical (unpaired) electrons. The summed E-state index contributed by atoms with van der Waals surface area (Å²) in [6, 6.07) is 14.5. The maximum absolute atomic E-state index is 12.6. The molecule has 8 nitrogen and oxygen atoms in total. The Morgan fingerprint density at radius 2 is 1.83 bits per heavy atom. The molecular weight excluding hydrogens is 382 g/mol. The van der Waals surface area contributed by atoms with E-state index in [0.29, 0.717) is 17.8 Å². The third kappa shape index (κ3) is 4.28. The molecule has 0 spiro atoms. The molecule has 0 aliphatic carbocycles. The van der Waals surface area contributed by atoms with Crippen LogP contribution in [-0.2, 0) is 9.53 Å². The molecule has 0 saturated carbocycles. The van der Waals surface area contributed by atoms with Crippen LogP contribution >= 0.6 is 0 Å². The summed E-state index contributed by atoms with van der Waals surface area (Å²) in [5.74, 6) is 0.518. The molecule has 1 atom stereocenters. The maximum Gasteiger partial charge on any atom is 0.338 e. The van der Waals surface area contributed by atoms with Crippen molar-refractivity contribution in [2.75, 3.05) is 44.7 Å². The van der Waals surface area contributed by atoms with Crippen LogP contribution in [0.4, 0.5) is 10.6 Å². The summed E-state index contributed by atoms with van der Waals surface area (Å²) in [6.07, 6.45) is 1.80. The van der Waals surface area contributed by atoms with Crippen molar-refractivity contribution < 1.29 is 14.3 Å². The van der Waals surface area contributed by atoms with Crippen LogP contribution in [0.1, 0.15) is 11.6 Å². The molecule has 156 valence electrons. The zero-order valence-electron chi connectivity index (χ0n) is 16.9. The number of carbonyl (C=O) groups excluding carboxylic acids is 2. The molecule has 30 heavy (non-hydrogen) atoms. The lowest BCUT2D eigenvalue weighted by Crippen LogP contribution is -2.51. The largest absolute Gasteiger partial charge is 0.466 e. The summed E-state index contributed by atoms with van der Waals surface area (Å²) in [7, 11) is 1.36. The summed E-state index contributed by atoms with van der Waals surface area (Å²) in [4.78, 5) is 33.9. The minimum absolute atomic E-state index is 0.321. The van der Waals surface area contributed by atoms with E-state index in [0.717, 1.165) is 37.6 Å². The van der Waals surface area contributed by atoms with E-state index in [2.05, 4.69) is 25.4 Å². The van der Waals surface area contributed by atoms with E-state index in [9.17, 15) is 9.59 Å². The van der Waals surface area contributed by atoms with Crippen LogP contribution in [0.25, 0.3) is 0 Å². The number of rotatable bonds is 5. The van der Waals surface area contributed by atoms with Crippen LogP contribution in [0.2, 0.25) is 0 Å². The summed E-state index contributed by atoms with van der Waals surface area (Å²) in [6.45, 7) is 3.72. The first kappa shape index (κ1) is 19.9. The molecule has 3 heterocycles. The van der Waals surface area contributed by atoms with Crippen molar-refractivity contribution in [3.05, 3.63) is 71.6 Å². The van der Waals surface area contributed by atoms with E-state index in [4.69, 9.17) is 4.74 Å². The zero-order valence-corrected chi connectivity index (χ0v) is 16.9. The van der Waals surface area contributed by atoms with Crippen LogP contribution in [0.5, 0.6) is 0 Å². The van der Waals surface area contributed by atoms with E-state index >= 15 is 0 Å². The number of amides is 2. The molecule has 8 heteroatoms. The predicted molar refractivity (Wildman–Crippen MR) is 113 cm³/mol. The number of pyridine rings is 1. The highest BCUT2D eigenvalue weighted by Crippen LogP contribution is 2.28. The lowest BCUT2D eigenvalue weighted by atomic mass is 9.95. The minimum atomic E-state index is -0.544. The van der Waals surface area contributed by atoms with Crippen LogP contribution in [0.15, 0.2) is 66.0 Å². The molecule has 2 aliphatic heterocycles. The highest BCUT2D eigenvalue weighted by Gasteiger charge is 2.34. The van der Waals surface area contributed by atoms with Gasteiger partial charge in [-0.25, -0.2) is 14.6 Å². The second kappa shape index (κ2) is 8.96. The van der Waals surface area contributed by atoms with Gasteiger partial charge in [0, 0.05) is 44.6 Å². The number of nitrogens with zero attached hydrogens (tertiary/aromatic N) is 3. The number of urea groups is 1. The molecule has 0 unspecified atom stereocenters. The molecule has 1 aromatic heterocycles. The minimum Gasteiger partial charge on any atom is -0.466 e. The number of aromatic nitrogens is 1. The fraction of sp³-hybridized carbons (Fsp3) is 0.318. The third-order valence-electron chi connectivity index (χ3n) is 5.42. The SMILES string of the molecule is COC(=O)C1=C(CN2CCN(c3ccccn3)CC2)NC(=O)N[C@@H]1c1ccccc1. The summed E-state index contributed by atoms with van der Waals surface area (Å²) >= 11 is 0. The van der Waals surface area contributed by atoms with Crippen molar-refractivity contribution in [1.82, 2.24) is 20.5 Å². The van der Waals surface area contributed by atoms with Crippen LogP contribution < -0.4 is 15.5 Å². The normalized spacial score (nSPS) is 19.8. The molecule has 2 aromatic rings. The Balaban J connectivity index is 1.54. The molecule has 2 aliphatic rings. The number of esters is 1. The molecule has 1 fully saturated rings. The first-order chi connectivity index (χ1) is 14.7. The Hall–Kier alpha value is -3.39. The zero-order chi connectivity index (χ0) is 20.9. The fourth-order valence-corrected chi connectivity index (χ4v) is 3.89. The van der Waals surface area contributed by atoms with Crippen molar-refractivity contribution in [1.29, 1.82) is 0 Å². The van der Waals surface area contributed by atoms with Gasteiger partial charge in [0.15, 0.2) is 0 Å². The average Bonchev–Trinajstić information content (AvgIpc) is 2.80. The van der Waals surface area contributed by atoms with Crippen molar-refractivity contribution in [2.24, 2.45) is 0 Å². The van der Waals surface area contributed by atoms with Gasteiger partial charge in [0.2, 0.25) is 0 Å². The second-order valence-corrected chi connectivity index (χ2v) is 7.28. The first-order valence-corrected chi connectivity index (χ1v) is 9.98. The van der Waals surface area contributed by atoms with Gasteiger partial charge in [0.25, 0.3) is 0 Å². The maximum atomic E-state index is 12.6. The Morgan fingerprint density at radius 3 is 2.50 bits per heavy atom. The number of hydrogen-bond donors (Lipinski definition) is 2. The number of nitrogens with one attached hydrogen (secondary N) is 2. The van der Waals surface area contributed by atoms with Crippen molar-refractivity contribution >= 4 is 17.8 Å². The van der Waals surface area contributed by atoms with E-state index < -0.39 is 12.0 Å². The third-order valence-corrected chi connectivity index (χ3v) is 5.42. The van der Waals surface area contributed by atoms with Crippen LogP contribution in [-0.4, -0.2) is 61.7 Å². The van der Waals surface area contributed by atoms with Crippen molar-refractivity contribution in [3.63, 3.8) is 0 Å². The molecule has 2 amide bonds. The highest BCUT2D eigenvalue weighted by atomic mass is 16.5. The van der Waals surface area contributed by atoms with Gasteiger partial charge in [-0.05, 0) is 17.7 Å². The number of carbonyl (C=O) groups is 2. The number of methoxy groups -OCH3 is 1. The smallest absolute Gasteiger partial charge is 0.338 e. The van der Waals surface area contributed by atoms with E-state index in [1.165, 1.54) is 7.11 Å². The van der Waals surface area contributed by atoms with Gasteiger partial charge < -0.3 is 20.3 Å². The Labute approximate surface area is 175 Å². The molecule has 2 N–H and O–H groups in total. The molecule has 0 bridgehead atoms. The summed E-state index contributed by atoms with van der Waals surface area (Å²) in [5.41, 5.74) is 1.87. The van der Waals surface area contributed by atoms with Gasteiger partial charge in [-0.3, -0.25) is 4.90 Å². The van der Waals surface area contributed by atoms with Crippen LogP contribution in [0, 0.1) is 0 Å². The quantitative estimate of drug-likeness (QED) is 0.734. The van der Waals surface area contributed by atoms with Gasteiger partial charge in [0.1, 0.15) is 5.82 Å². The van der Waals surface area contributed by atoms with Gasteiger partial charge in [-0.15, -0.1) is 0 Å². The molecule has 1 saturated heterocycles. The van der Waals surface area contributed by atoms with Crippen molar-refractivity contribution in [2.45, 2.75) is 6.04 Å². The number of anilines is 1. The fourth-order valence-electron chi connectivity index (χ4n) is 3.89. The first-order valence-electron chi connectivity index (χ1n) is 9.98. The topological polar surface area (TPSA) is 86.8 Å². The number of piperazine rings is 1. The van der Waals surface area contributed by atoms with Crippen LogP contribution in [0.3, 0.4) is 0 Å². The number of benzene rings is 1. The Morgan fingerprint density at radius 1 is 1.10 bits per heavy atom. The Bertz CT molecular complexity index is 924. The summed E-state index contributed by atoms with van der Waals surface area (Å²) < 4.78 is 5.05. The van der Waals surface area contributed by atoms with Crippen molar-refractivity contribution in [3.8, 4) is 0 Å². The molecule has 4 rings (SSSR count). The lowest BCUT2D eigenvalue weighted by Gasteiger charge is -2.37. The highest BCUT2D eigenvalue weighted by molar-refractivity contribution is 5.95. The van der Waals surface area contributed by atoms with E-state index in [1.54, 1.807) is 6.20 Å². The second-order valence-electron chi connectivity index (χ2n) is 7.28. The molecule has 1 aromatic carbocycles. The number of hydrogen-bond acceptors (Lipinski definition) is 6. The lowest BCUT2D eigenvalue weighted by molar-refractivity contribution is -0.136. The standard InChI is InChI=1S/C22H25N5O3/c1-30-21(28)19-17(24-22(29)25-20(19)16-7-3-2-4-8-16)15-26-11-13-27(14-12-26)18-9-5-6-10-23-18/h2-10,20H,11-15H2,1H3,(H2,24,25,29)/t20-/m1/s1. The van der Waals surface area contributed by atoms with Gasteiger partial charge in [-0.1, -0.05) is 36.4 Å². The van der Waals surface area contributed by atoms with E-state index in [-0.39, 0.29) is 6.03 Å². The van der Waals surface area contributed by atoms with Gasteiger partial charge >= 0.3 is 12.0 Å². The average molecular weight is 407 g/mol. The van der Waals surface area contributed by atoms with Gasteiger partial charge in [-0.2, -0.15) is 0 Å². The molecular formula is C22H25N5O3. The Kier molecular flexibility index (Phi) is 5.94. The number of ether oxygens (including phenoxy) is 1. The summed E-state index contributed by atoms with van der Waals surface area (Å²) in [5, 5.41) is 5.68. The predicted octanol–water partition coefficient (Wildman–Crippen LogP) is 1.68. The van der Waals surface area contributed by atoms with E-state index in [1.807, 2.05) is 48.5 Å². The monoisotopic (exact) mass is 407 g/mol. The van der Waals surface area contributed by atoms with Gasteiger partial charge in [0.05, 0.1) is 18.7 Å².